The number of thiazole rings is 1. The summed E-state index contributed by atoms with van der Waals surface area (Å²) in [4.78, 5) is 18.3. The summed E-state index contributed by atoms with van der Waals surface area (Å²) in [7, 11) is 3.21. The maximum Gasteiger partial charge on any atom is 0.271 e. The van der Waals surface area contributed by atoms with E-state index in [1.54, 1.807) is 31.6 Å². The van der Waals surface area contributed by atoms with Crippen molar-refractivity contribution >= 4 is 17.2 Å². The predicted molar refractivity (Wildman–Crippen MR) is 130 cm³/mol. The predicted octanol–water partition coefficient (Wildman–Crippen LogP) is 4.81. The molecule has 0 unspecified atom stereocenters. The van der Waals surface area contributed by atoms with Gasteiger partial charge in [0.25, 0.3) is 5.91 Å². The number of aryl methyl sites for hydroxylation is 2. The van der Waals surface area contributed by atoms with Crippen LogP contribution in [0, 0.1) is 13.8 Å². The van der Waals surface area contributed by atoms with E-state index in [1.807, 2.05) is 25.1 Å². The third-order valence-corrected chi connectivity index (χ3v) is 6.54. The number of aromatic nitrogens is 3. The topological polar surface area (TPSA) is 89.1 Å². The molecule has 0 aliphatic carbocycles. The molecule has 0 bridgehead atoms. The second-order valence-corrected chi connectivity index (χ2v) is 8.66. The van der Waals surface area contributed by atoms with Gasteiger partial charge < -0.3 is 14.8 Å². The van der Waals surface area contributed by atoms with Crippen molar-refractivity contribution in [1.82, 2.24) is 20.5 Å². The average Bonchev–Trinajstić information content (AvgIpc) is 3.46. The quantitative estimate of drug-likeness (QED) is 0.392. The Morgan fingerprint density at radius 3 is 2.52 bits per heavy atom. The van der Waals surface area contributed by atoms with Crippen LogP contribution < -0.4 is 14.8 Å². The standard InChI is InChI=1S/C25H26N4O3S/c1-15-5-8-18(9-6-15)25-27-16(2)23(33-25)19-14-20(29-28-19)24(30)26-12-11-17-7-10-21(31-3)22(13-17)32-4/h5-10,13-14H,11-12H2,1-4H3,(H,26,30)(H,28,29). The normalized spacial score (nSPS) is 10.8. The Hall–Kier alpha value is -3.65. The van der Waals surface area contributed by atoms with Crippen LogP contribution in [0.1, 0.15) is 27.3 Å². The summed E-state index contributed by atoms with van der Waals surface area (Å²) < 4.78 is 10.6. The van der Waals surface area contributed by atoms with Crippen LogP contribution in [0.25, 0.3) is 21.1 Å². The fourth-order valence-corrected chi connectivity index (χ4v) is 4.51. The van der Waals surface area contributed by atoms with Crippen molar-refractivity contribution in [3.05, 3.63) is 71.0 Å². The number of H-pyrrole nitrogens is 1. The smallest absolute Gasteiger partial charge is 0.271 e. The lowest BCUT2D eigenvalue weighted by atomic mass is 10.1. The van der Waals surface area contributed by atoms with Gasteiger partial charge in [0, 0.05) is 12.1 Å². The molecule has 2 heterocycles. The summed E-state index contributed by atoms with van der Waals surface area (Å²) >= 11 is 1.58. The van der Waals surface area contributed by atoms with Gasteiger partial charge in [0.1, 0.15) is 5.01 Å². The molecule has 0 atom stereocenters. The summed E-state index contributed by atoms with van der Waals surface area (Å²) in [6.45, 7) is 4.51. The molecular formula is C25H26N4O3S. The Balaban J connectivity index is 1.40. The van der Waals surface area contributed by atoms with Gasteiger partial charge >= 0.3 is 0 Å². The van der Waals surface area contributed by atoms with Crippen LogP contribution in [0.5, 0.6) is 11.5 Å². The van der Waals surface area contributed by atoms with Gasteiger partial charge in [0.15, 0.2) is 17.2 Å². The number of carbonyl (C=O) groups excluding carboxylic acids is 1. The molecule has 1 amide bonds. The number of carbonyl (C=O) groups is 1. The zero-order valence-electron chi connectivity index (χ0n) is 19.1. The maximum absolute atomic E-state index is 12.6. The largest absolute Gasteiger partial charge is 0.493 e. The first kappa shape index (κ1) is 22.5. The number of hydrogen-bond donors (Lipinski definition) is 2. The van der Waals surface area contributed by atoms with Crippen LogP contribution >= 0.6 is 11.3 Å². The van der Waals surface area contributed by atoms with Gasteiger partial charge in [-0.15, -0.1) is 11.3 Å². The highest BCUT2D eigenvalue weighted by atomic mass is 32.1. The summed E-state index contributed by atoms with van der Waals surface area (Å²) in [5.41, 5.74) is 5.37. The Morgan fingerprint density at radius 2 is 1.79 bits per heavy atom. The molecule has 0 spiro atoms. The van der Waals surface area contributed by atoms with E-state index in [-0.39, 0.29) is 5.91 Å². The minimum absolute atomic E-state index is 0.223. The first-order valence-electron chi connectivity index (χ1n) is 10.6. The van der Waals surface area contributed by atoms with Crippen molar-refractivity contribution in [1.29, 1.82) is 0 Å². The number of amides is 1. The summed E-state index contributed by atoms with van der Waals surface area (Å²) in [5.74, 6) is 1.13. The zero-order valence-corrected chi connectivity index (χ0v) is 19.9. The molecule has 33 heavy (non-hydrogen) atoms. The van der Waals surface area contributed by atoms with Gasteiger partial charge in [0.2, 0.25) is 0 Å². The Labute approximate surface area is 196 Å². The van der Waals surface area contributed by atoms with E-state index in [2.05, 4.69) is 46.7 Å². The molecule has 2 aromatic heterocycles. The first-order chi connectivity index (χ1) is 16.0. The second-order valence-electron chi connectivity index (χ2n) is 7.66. The monoisotopic (exact) mass is 462 g/mol. The second kappa shape index (κ2) is 9.87. The van der Waals surface area contributed by atoms with Gasteiger partial charge in [0.05, 0.1) is 30.5 Å². The first-order valence-corrected chi connectivity index (χ1v) is 11.4. The van der Waals surface area contributed by atoms with Crippen LogP contribution in [-0.2, 0) is 6.42 Å². The van der Waals surface area contributed by atoms with E-state index in [1.165, 1.54) is 5.56 Å². The molecule has 0 saturated carbocycles. The highest BCUT2D eigenvalue weighted by molar-refractivity contribution is 7.18. The minimum Gasteiger partial charge on any atom is -0.493 e. The van der Waals surface area contributed by atoms with Gasteiger partial charge in [-0.3, -0.25) is 9.89 Å². The van der Waals surface area contributed by atoms with E-state index in [4.69, 9.17) is 14.5 Å². The number of nitrogens with zero attached hydrogens (tertiary/aromatic N) is 2. The number of aromatic amines is 1. The molecule has 0 saturated heterocycles. The fraction of sp³-hybridized carbons (Fsp3) is 0.240. The average molecular weight is 463 g/mol. The van der Waals surface area contributed by atoms with E-state index >= 15 is 0 Å². The zero-order chi connectivity index (χ0) is 23.4. The Morgan fingerprint density at radius 1 is 1.03 bits per heavy atom. The van der Waals surface area contributed by atoms with Crippen molar-refractivity contribution in [3.63, 3.8) is 0 Å². The number of ether oxygens (including phenoxy) is 2. The van der Waals surface area contributed by atoms with Crippen molar-refractivity contribution in [2.75, 3.05) is 20.8 Å². The van der Waals surface area contributed by atoms with E-state index < -0.39 is 0 Å². The number of hydrogen-bond acceptors (Lipinski definition) is 6. The SMILES string of the molecule is COc1ccc(CCNC(=O)c2cc(-c3sc(-c4ccc(C)cc4)nc3C)[nH]n2)cc1OC. The van der Waals surface area contributed by atoms with Crippen molar-refractivity contribution in [3.8, 4) is 32.6 Å². The molecule has 0 aliphatic heterocycles. The van der Waals surface area contributed by atoms with Crippen LogP contribution in [0.2, 0.25) is 0 Å². The molecule has 0 aliphatic rings. The van der Waals surface area contributed by atoms with Crippen molar-refractivity contribution in [2.45, 2.75) is 20.3 Å². The highest BCUT2D eigenvalue weighted by Crippen LogP contribution is 2.34. The Kier molecular flexibility index (Phi) is 6.74. The fourth-order valence-electron chi connectivity index (χ4n) is 3.47. The molecule has 7 nitrogen and oxygen atoms in total. The third kappa shape index (κ3) is 5.06. The number of methoxy groups -OCH3 is 2. The molecule has 4 aromatic rings. The molecule has 0 fully saturated rings. The van der Waals surface area contributed by atoms with Gasteiger partial charge in [-0.25, -0.2) is 4.98 Å². The van der Waals surface area contributed by atoms with Gasteiger partial charge in [-0.2, -0.15) is 5.10 Å². The number of nitrogens with one attached hydrogen (secondary N) is 2. The highest BCUT2D eigenvalue weighted by Gasteiger charge is 2.16. The maximum atomic E-state index is 12.6. The van der Waals surface area contributed by atoms with Gasteiger partial charge in [-0.1, -0.05) is 35.9 Å². The van der Waals surface area contributed by atoms with Crippen molar-refractivity contribution in [2.24, 2.45) is 0 Å². The van der Waals surface area contributed by atoms with Crippen molar-refractivity contribution < 1.29 is 14.3 Å². The summed E-state index contributed by atoms with van der Waals surface area (Å²) in [5, 5.41) is 11.1. The Bertz CT molecular complexity index is 1260. The molecule has 2 N–H and O–H groups in total. The number of rotatable bonds is 8. The lowest BCUT2D eigenvalue weighted by Gasteiger charge is -2.09. The van der Waals surface area contributed by atoms with Crippen LogP contribution in [0.4, 0.5) is 0 Å². The lowest BCUT2D eigenvalue weighted by molar-refractivity contribution is 0.0949. The molecule has 0 radical (unpaired) electrons. The lowest BCUT2D eigenvalue weighted by Crippen LogP contribution is -2.26. The van der Waals surface area contributed by atoms with E-state index in [0.29, 0.717) is 30.2 Å². The minimum atomic E-state index is -0.223. The van der Waals surface area contributed by atoms with E-state index in [0.717, 1.165) is 32.4 Å². The molecule has 170 valence electrons. The number of benzene rings is 2. The molecule has 2 aromatic carbocycles. The van der Waals surface area contributed by atoms with Crippen LogP contribution in [-0.4, -0.2) is 41.9 Å². The third-order valence-electron chi connectivity index (χ3n) is 5.30. The van der Waals surface area contributed by atoms with Crippen LogP contribution in [0.15, 0.2) is 48.5 Å². The van der Waals surface area contributed by atoms with E-state index in [9.17, 15) is 4.79 Å². The molecular weight excluding hydrogens is 436 g/mol. The molecule has 4 rings (SSSR count). The summed E-state index contributed by atoms with van der Waals surface area (Å²) in [6.07, 6.45) is 0.664. The van der Waals surface area contributed by atoms with Gasteiger partial charge in [-0.05, 0) is 44.0 Å². The van der Waals surface area contributed by atoms with Crippen LogP contribution in [0.3, 0.4) is 0 Å². The molecule has 8 heteroatoms. The summed E-state index contributed by atoms with van der Waals surface area (Å²) in [6, 6.07) is 15.8.